The van der Waals surface area contributed by atoms with Gasteiger partial charge >= 0.3 is 5.69 Å². The fourth-order valence-corrected chi connectivity index (χ4v) is 4.70. The molecule has 26 heavy (non-hydrogen) atoms. The highest BCUT2D eigenvalue weighted by Gasteiger charge is 2.36. The van der Waals surface area contributed by atoms with Gasteiger partial charge in [-0.15, -0.1) is 0 Å². The molecule has 8 heteroatoms. The zero-order valence-corrected chi connectivity index (χ0v) is 15.3. The summed E-state index contributed by atoms with van der Waals surface area (Å²) >= 11 is 0. The fraction of sp³-hybridized carbons (Fsp3) is 0.667. The Kier molecular flexibility index (Phi) is 4.20. The lowest BCUT2D eigenvalue weighted by molar-refractivity contribution is -0.138. The number of aromatic nitrogens is 4. The maximum atomic E-state index is 13.0. The number of imidazole rings is 1. The second-order valence-electron chi connectivity index (χ2n) is 7.60. The van der Waals surface area contributed by atoms with E-state index in [2.05, 4.69) is 4.98 Å². The third-order valence-corrected chi connectivity index (χ3v) is 6.06. The lowest BCUT2D eigenvalue weighted by Crippen LogP contribution is -2.52. The molecule has 1 saturated heterocycles. The summed E-state index contributed by atoms with van der Waals surface area (Å²) in [4.78, 5) is 44.5. The zero-order chi connectivity index (χ0) is 18.4. The number of fused-ring (bicyclic) bond motifs is 2. The second-order valence-corrected chi connectivity index (χ2v) is 7.60. The fourth-order valence-electron chi connectivity index (χ4n) is 4.70. The van der Waals surface area contributed by atoms with Crippen molar-refractivity contribution >= 4 is 17.1 Å². The molecule has 0 N–H and O–H groups in total. The van der Waals surface area contributed by atoms with E-state index in [9.17, 15) is 14.4 Å². The van der Waals surface area contributed by atoms with Gasteiger partial charge in [0.15, 0.2) is 11.2 Å². The molecule has 0 bridgehead atoms. The molecule has 0 aromatic carbocycles. The van der Waals surface area contributed by atoms with Gasteiger partial charge in [-0.2, -0.15) is 0 Å². The molecule has 2 aromatic rings. The largest absolute Gasteiger partial charge is 0.338 e. The van der Waals surface area contributed by atoms with Gasteiger partial charge in [-0.25, -0.2) is 14.3 Å². The van der Waals surface area contributed by atoms with Crippen LogP contribution >= 0.6 is 0 Å². The van der Waals surface area contributed by atoms with Crippen LogP contribution in [0.15, 0.2) is 15.9 Å². The van der Waals surface area contributed by atoms with Crippen LogP contribution in [-0.4, -0.2) is 42.1 Å². The van der Waals surface area contributed by atoms with E-state index in [-0.39, 0.29) is 18.5 Å². The molecule has 1 aliphatic heterocycles. The highest BCUT2D eigenvalue weighted by atomic mass is 16.2. The van der Waals surface area contributed by atoms with Crippen LogP contribution in [0.5, 0.6) is 0 Å². The van der Waals surface area contributed by atoms with E-state index in [1.165, 1.54) is 30.2 Å². The third kappa shape index (κ3) is 2.59. The summed E-state index contributed by atoms with van der Waals surface area (Å²) in [6.45, 7) is 0.527. The number of nitrogens with zero attached hydrogens (tertiary/aromatic N) is 5. The Morgan fingerprint density at radius 1 is 1.15 bits per heavy atom. The highest BCUT2D eigenvalue weighted by Crippen LogP contribution is 2.35. The molecule has 4 rings (SSSR count). The molecule has 2 fully saturated rings. The molecule has 1 saturated carbocycles. The van der Waals surface area contributed by atoms with Crippen LogP contribution < -0.4 is 11.2 Å². The van der Waals surface area contributed by atoms with Crippen LogP contribution in [0.1, 0.15) is 38.5 Å². The number of hydrogen-bond acceptors (Lipinski definition) is 4. The predicted octanol–water partition coefficient (Wildman–Crippen LogP) is 0.615. The molecule has 2 aromatic heterocycles. The molecule has 0 radical (unpaired) electrons. The summed E-state index contributed by atoms with van der Waals surface area (Å²) < 4.78 is 3.98. The summed E-state index contributed by atoms with van der Waals surface area (Å²) in [6, 6.07) is 0.269. The van der Waals surface area contributed by atoms with E-state index < -0.39 is 11.2 Å². The molecule has 0 unspecified atom stereocenters. The monoisotopic (exact) mass is 359 g/mol. The van der Waals surface area contributed by atoms with Crippen molar-refractivity contribution in [2.24, 2.45) is 20.0 Å². The maximum absolute atomic E-state index is 13.0. The molecular weight excluding hydrogens is 334 g/mol. The number of hydrogen-bond donors (Lipinski definition) is 0. The van der Waals surface area contributed by atoms with E-state index in [1.807, 2.05) is 4.90 Å². The van der Waals surface area contributed by atoms with Crippen LogP contribution in [0.25, 0.3) is 11.2 Å². The first-order valence-electron chi connectivity index (χ1n) is 9.39. The van der Waals surface area contributed by atoms with Crippen LogP contribution in [0.4, 0.5) is 0 Å². The van der Waals surface area contributed by atoms with Crippen molar-refractivity contribution in [3.05, 3.63) is 27.2 Å². The van der Waals surface area contributed by atoms with E-state index in [0.717, 1.165) is 30.4 Å². The van der Waals surface area contributed by atoms with Crippen LogP contribution in [0.2, 0.25) is 0 Å². The molecule has 0 spiro atoms. The van der Waals surface area contributed by atoms with Crippen molar-refractivity contribution in [2.75, 3.05) is 6.54 Å². The van der Waals surface area contributed by atoms with E-state index in [0.29, 0.717) is 17.1 Å². The number of carbonyl (C=O) groups is 1. The SMILES string of the molecule is Cn1cnc2c1c(=O)n(CC(=O)N1CCC[C@@H]3CCCC[C@@H]31)c(=O)n2C. The minimum atomic E-state index is -0.494. The van der Waals surface area contributed by atoms with Gasteiger partial charge in [-0.1, -0.05) is 12.8 Å². The van der Waals surface area contributed by atoms with Gasteiger partial charge in [0.2, 0.25) is 5.91 Å². The van der Waals surface area contributed by atoms with Gasteiger partial charge in [0, 0.05) is 26.7 Å². The molecule has 2 atom stereocenters. The molecule has 1 amide bonds. The quantitative estimate of drug-likeness (QED) is 0.787. The number of aryl methyl sites for hydroxylation is 2. The van der Waals surface area contributed by atoms with Gasteiger partial charge in [-0.05, 0) is 31.6 Å². The number of likely N-dealkylation sites (tertiary alicyclic amines) is 1. The summed E-state index contributed by atoms with van der Waals surface area (Å²) in [6.07, 6.45) is 8.28. The average Bonchev–Trinajstić information content (AvgIpc) is 3.04. The van der Waals surface area contributed by atoms with Crippen molar-refractivity contribution < 1.29 is 4.79 Å². The normalized spacial score (nSPS) is 23.2. The molecule has 140 valence electrons. The lowest BCUT2D eigenvalue weighted by atomic mass is 9.78. The topological polar surface area (TPSA) is 82.1 Å². The van der Waals surface area contributed by atoms with Gasteiger partial charge in [0.25, 0.3) is 5.56 Å². The van der Waals surface area contributed by atoms with E-state index in [1.54, 1.807) is 18.7 Å². The Balaban J connectivity index is 1.69. The summed E-state index contributed by atoms with van der Waals surface area (Å²) in [5.41, 5.74) is -0.258. The second kappa shape index (κ2) is 6.41. The van der Waals surface area contributed by atoms with Crippen molar-refractivity contribution in [2.45, 2.75) is 51.1 Å². The minimum Gasteiger partial charge on any atom is -0.338 e. The highest BCUT2D eigenvalue weighted by molar-refractivity contribution is 5.77. The third-order valence-electron chi connectivity index (χ3n) is 6.06. The first-order valence-corrected chi connectivity index (χ1v) is 9.39. The molecule has 1 aliphatic carbocycles. The lowest BCUT2D eigenvalue weighted by Gasteiger charge is -2.44. The van der Waals surface area contributed by atoms with Gasteiger partial charge in [0.1, 0.15) is 6.54 Å². The Morgan fingerprint density at radius 2 is 1.88 bits per heavy atom. The van der Waals surface area contributed by atoms with Crippen LogP contribution in [-0.2, 0) is 25.4 Å². The van der Waals surface area contributed by atoms with Crippen molar-refractivity contribution in [3.63, 3.8) is 0 Å². The zero-order valence-electron chi connectivity index (χ0n) is 15.3. The Morgan fingerprint density at radius 3 is 2.69 bits per heavy atom. The number of carbonyl (C=O) groups excluding carboxylic acids is 1. The number of rotatable bonds is 2. The first-order chi connectivity index (χ1) is 12.5. The molecular formula is C18H25N5O3. The minimum absolute atomic E-state index is 0.123. The van der Waals surface area contributed by atoms with Crippen molar-refractivity contribution in [3.8, 4) is 0 Å². The van der Waals surface area contributed by atoms with Crippen LogP contribution in [0.3, 0.4) is 0 Å². The van der Waals surface area contributed by atoms with E-state index in [4.69, 9.17) is 0 Å². The average molecular weight is 359 g/mol. The van der Waals surface area contributed by atoms with Gasteiger partial charge in [0.05, 0.1) is 6.33 Å². The van der Waals surface area contributed by atoms with Gasteiger partial charge < -0.3 is 9.47 Å². The number of amides is 1. The number of piperidine rings is 1. The van der Waals surface area contributed by atoms with Crippen LogP contribution in [0, 0.1) is 5.92 Å². The first kappa shape index (κ1) is 17.1. The summed E-state index contributed by atoms with van der Waals surface area (Å²) in [5.74, 6) is 0.447. The Hall–Kier alpha value is -2.38. The van der Waals surface area contributed by atoms with Crippen molar-refractivity contribution in [1.82, 2.24) is 23.6 Å². The Labute approximate surface area is 151 Å². The molecule has 3 heterocycles. The maximum Gasteiger partial charge on any atom is 0.332 e. The standard InChI is InChI=1S/C18H25N5O3/c1-20-11-19-16-15(20)17(25)23(18(26)21(16)2)10-14(24)22-9-5-7-12-6-3-4-8-13(12)22/h11-13H,3-10H2,1-2H3/t12-,13-/m0/s1. The van der Waals surface area contributed by atoms with E-state index >= 15 is 0 Å². The summed E-state index contributed by atoms with van der Waals surface area (Å²) in [7, 11) is 3.29. The van der Waals surface area contributed by atoms with Crippen molar-refractivity contribution in [1.29, 1.82) is 0 Å². The Bertz CT molecular complexity index is 968. The predicted molar refractivity (Wildman–Crippen MR) is 96.9 cm³/mol. The summed E-state index contributed by atoms with van der Waals surface area (Å²) in [5, 5.41) is 0. The molecule has 8 nitrogen and oxygen atoms in total. The molecule has 2 aliphatic rings. The van der Waals surface area contributed by atoms with Gasteiger partial charge in [-0.3, -0.25) is 14.2 Å². The smallest absolute Gasteiger partial charge is 0.332 e.